The van der Waals surface area contributed by atoms with Crippen molar-refractivity contribution in [2.24, 2.45) is 5.73 Å². The van der Waals surface area contributed by atoms with Gasteiger partial charge in [-0.2, -0.15) is 0 Å². The largest absolute Gasteiger partial charge is 0.391 e. The van der Waals surface area contributed by atoms with Crippen molar-refractivity contribution in [3.8, 4) is 0 Å². The summed E-state index contributed by atoms with van der Waals surface area (Å²) in [5.41, 5.74) is 4.42. The number of benzene rings is 1. The van der Waals surface area contributed by atoms with E-state index < -0.39 is 35.3 Å². The number of carbonyl (C=O) groups excluding carboxylic acids is 1. The second kappa shape index (κ2) is 5.54. The number of hydrogen-bond donors (Lipinski definition) is 4. The maximum atomic E-state index is 10.7. The second-order valence-corrected chi connectivity index (χ2v) is 3.60. The lowest BCUT2D eigenvalue weighted by molar-refractivity contribution is -0.386. The smallest absolute Gasteiger partial charge is 0.275 e. The van der Waals surface area contributed by atoms with Gasteiger partial charge in [-0.1, -0.05) is 6.07 Å². The van der Waals surface area contributed by atoms with Crippen LogP contribution in [0.1, 0.15) is 17.2 Å². The number of amides is 1. The molecule has 8 heteroatoms. The summed E-state index contributed by atoms with van der Waals surface area (Å²) in [6.45, 7) is -0.537. The summed E-state index contributed by atoms with van der Waals surface area (Å²) < 4.78 is 0. The summed E-state index contributed by atoms with van der Waals surface area (Å²) in [5, 5.41) is 38.5. The number of aliphatic hydroxyl groups is 3. The lowest BCUT2D eigenvalue weighted by Gasteiger charge is -2.15. The summed E-state index contributed by atoms with van der Waals surface area (Å²) in [6, 6.07) is 3.46. The second-order valence-electron chi connectivity index (χ2n) is 3.60. The highest BCUT2D eigenvalue weighted by Crippen LogP contribution is 2.25. The van der Waals surface area contributed by atoms with Crippen LogP contribution in [0.15, 0.2) is 18.2 Å². The predicted octanol–water partition coefficient (Wildman–Crippen LogP) is -1.03. The molecule has 0 aromatic heterocycles. The van der Waals surface area contributed by atoms with E-state index >= 15 is 0 Å². The number of primary amides is 1. The third-order valence-corrected chi connectivity index (χ3v) is 2.41. The Morgan fingerprint density at radius 1 is 1.44 bits per heavy atom. The molecule has 2 atom stereocenters. The van der Waals surface area contributed by atoms with Crippen molar-refractivity contribution in [1.29, 1.82) is 0 Å². The summed E-state index contributed by atoms with van der Waals surface area (Å²) in [6.07, 6.45) is -3.52. The molecule has 1 aromatic rings. The fraction of sp³-hybridized carbons (Fsp3) is 0.300. The monoisotopic (exact) mass is 256 g/mol. The fourth-order valence-electron chi connectivity index (χ4n) is 1.41. The first-order valence-electron chi connectivity index (χ1n) is 4.92. The Hall–Kier alpha value is -2.03. The van der Waals surface area contributed by atoms with Crippen molar-refractivity contribution in [3.63, 3.8) is 0 Å². The van der Waals surface area contributed by atoms with E-state index in [4.69, 9.17) is 10.8 Å². The Morgan fingerprint density at radius 3 is 2.50 bits per heavy atom. The minimum atomic E-state index is -1.86. The molecular formula is C10H12N2O6. The minimum Gasteiger partial charge on any atom is -0.391 e. The molecule has 0 spiro atoms. The van der Waals surface area contributed by atoms with Crippen molar-refractivity contribution in [2.75, 3.05) is 0 Å². The molecule has 0 aliphatic carbocycles. The Bertz CT molecular complexity index is 475. The standard InChI is InChI=1S/C10H12N2O6/c11-10(16)9(15)8(14)5-1-2-6(4-13)7(3-5)12(17)18/h1-3,8-9,13-15H,4H2,(H2,11,16). The van der Waals surface area contributed by atoms with Gasteiger partial charge in [0.2, 0.25) is 5.91 Å². The Balaban J connectivity index is 3.15. The molecule has 1 aromatic carbocycles. The number of aliphatic hydroxyl groups excluding tert-OH is 3. The van der Waals surface area contributed by atoms with Gasteiger partial charge in [0.25, 0.3) is 5.69 Å². The highest BCUT2D eigenvalue weighted by atomic mass is 16.6. The van der Waals surface area contributed by atoms with Gasteiger partial charge in [0, 0.05) is 6.07 Å². The van der Waals surface area contributed by atoms with Gasteiger partial charge in [0.05, 0.1) is 17.1 Å². The van der Waals surface area contributed by atoms with Gasteiger partial charge in [-0.15, -0.1) is 0 Å². The number of nitrogens with two attached hydrogens (primary N) is 1. The SMILES string of the molecule is NC(=O)C(O)C(O)c1ccc(CO)c([N+](=O)[O-])c1. The van der Waals surface area contributed by atoms with Crippen molar-refractivity contribution < 1.29 is 25.0 Å². The zero-order valence-corrected chi connectivity index (χ0v) is 9.18. The minimum absolute atomic E-state index is 0.0369. The van der Waals surface area contributed by atoms with Crippen LogP contribution in [0.2, 0.25) is 0 Å². The summed E-state index contributed by atoms with van der Waals surface area (Å²) in [5.74, 6) is -1.14. The van der Waals surface area contributed by atoms with Gasteiger partial charge >= 0.3 is 0 Å². The normalized spacial score (nSPS) is 13.9. The van der Waals surface area contributed by atoms with E-state index in [1.807, 2.05) is 0 Å². The molecule has 18 heavy (non-hydrogen) atoms. The average molecular weight is 256 g/mol. The van der Waals surface area contributed by atoms with Crippen LogP contribution in [0.4, 0.5) is 5.69 Å². The Labute approximate surface area is 101 Å². The molecule has 0 aliphatic rings. The van der Waals surface area contributed by atoms with Crippen LogP contribution < -0.4 is 5.73 Å². The average Bonchev–Trinajstić information content (AvgIpc) is 2.35. The van der Waals surface area contributed by atoms with Crippen LogP contribution >= 0.6 is 0 Å². The molecule has 8 nitrogen and oxygen atoms in total. The number of carbonyl (C=O) groups is 1. The zero-order valence-electron chi connectivity index (χ0n) is 9.18. The topological polar surface area (TPSA) is 147 Å². The lowest BCUT2D eigenvalue weighted by atomic mass is 10.0. The van der Waals surface area contributed by atoms with E-state index in [0.717, 1.165) is 6.07 Å². The highest BCUT2D eigenvalue weighted by molar-refractivity contribution is 5.79. The van der Waals surface area contributed by atoms with Crippen LogP contribution in [-0.4, -0.2) is 32.3 Å². The van der Waals surface area contributed by atoms with Crippen LogP contribution in [0.5, 0.6) is 0 Å². The van der Waals surface area contributed by atoms with E-state index in [9.17, 15) is 25.1 Å². The quantitative estimate of drug-likeness (QED) is 0.391. The zero-order chi connectivity index (χ0) is 13.9. The van der Waals surface area contributed by atoms with E-state index in [2.05, 4.69) is 0 Å². The van der Waals surface area contributed by atoms with Gasteiger partial charge < -0.3 is 21.1 Å². The first kappa shape index (κ1) is 14.0. The van der Waals surface area contributed by atoms with E-state index in [1.54, 1.807) is 0 Å². The van der Waals surface area contributed by atoms with Crippen molar-refractivity contribution in [1.82, 2.24) is 0 Å². The molecule has 1 rings (SSSR count). The summed E-state index contributed by atoms with van der Waals surface area (Å²) in [4.78, 5) is 20.7. The molecule has 0 radical (unpaired) electrons. The number of nitro groups is 1. The molecule has 5 N–H and O–H groups in total. The molecule has 0 aliphatic heterocycles. The number of nitro benzene ring substituents is 1. The van der Waals surface area contributed by atoms with E-state index in [1.165, 1.54) is 12.1 Å². The van der Waals surface area contributed by atoms with Crippen LogP contribution in [0.25, 0.3) is 0 Å². The van der Waals surface area contributed by atoms with Crippen molar-refractivity contribution >= 4 is 11.6 Å². The van der Waals surface area contributed by atoms with E-state index in [0.29, 0.717) is 0 Å². The third kappa shape index (κ3) is 2.80. The lowest BCUT2D eigenvalue weighted by Crippen LogP contribution is -2.33. The third-order valence-electron chi connectivity index (χ3n) is 2.41. The molecule has 0 fully saturated rings. The summed E-state index contributed by atoms with van der Waals surface area (Å²) >= 11 is 0. The summed E-state index contributed by atoms with van der Waals surface area (Å²) in [7, 11) is 0. The molecule has 0 heterocycles. The molecule has 1 amide bonds. The van der Waals surface area contributed by atoms with Gasteiger partial charge in [0.1, 0.15) is 6.10 Å². The van der Waals surface area contributed by atoms with Crippen molar-refractivity contribution in [2.45, 2.75) is 18.8 Å². The Kier molecular flexibility index (Phi) is 4.32. The van der Waals surface area contributed by atoms with Crippen LogP contribution in [0, 0.1) is 10.1 Å². The molecule has 0 saturated carbocycles. The molecule has 0 bridgehead atoms. The van der Waals surface area contributed by atoms with Gasteiger partial charge in [-0.05, 0) is 11.6 Å². The molecule has 98 valence electrons. The Morgan fingerprint density at radius 2 is 2.06 bits per heavy atom. The van der Waals surface area contributed by atoms with Gasteiger partial charge in [-0.3, -0.25) is 14.9 Å². The van der Waals surface area contributed by atoms with Gasteiger partial charge in [-0.25, -0.2) is 0 Å². The fourth-order valence-corrected chi connectivity index (χ4v) is 1.41. The maximum Gasteiger partial charge on any atom is 0.275 e. The molecule has 0 saturated heterocycles. The van der Waals surface area contributed by atoms with Crippen LogP contribution in [-0.2, 0) is 11.4 Å². The van der Waals surface area contributed by atoms with Gasteiger partial charge in [0.15, 0.2) is 6.10 Å². The number of nitrogens with zero attached hydrogens (tertiary/aromatic N) is 1. The maximum absolute atomic E-state index is 10.7. The number of hydrogen-bond acceptors (Lipinski definition) is 6. The number of rotatable bonds is 5. The molecule has 2 unspecified atom stereocenters. The molecular weight excluding hydrogens is 244 g/mol. The van der Waals surface area contributed by atoms with Crippen LogP contribution in [0.3, 0.4) is 0 Å². The highest BCUT2D eigenvalue weighted by Gasteiger charge is 2.25. The predicted molar refractivity (Wildman–Crippen MR) is 59.2 cm³/mol. The van der Waals surface area contributed by atoms with E-state index in [-0.39, 0.29) is 11.1 Å². The van der Waals surface area contributed by atoms with Crippen molar-refractivity contribution in [3.05, 3.63) is 39.4 Å². The first-order valence-corrected chi connectivity index (χ1v) is 4.92. The first-order chi connectivity index (χ1) is 8.38.